The Morgan fingerprint density at radius 1 is 1.59 bits per heavy atom. The quantitative estimate of drug-likeness (QED) is 0.817. The lowest BCUT2D eigenvalue weighted by Crippen LogP contribution is -2.22. The van der Waals surface area contributed by atoms with Gasteiger partial charge in [0.05, 0.1) is 17.2 Å². The average molecular weight is 232 g/mol. The summed E-state index contributed by atoms with van der Waals surface area (Å²) in [6.07, 6.45) is 0.566. The van der Waals surface area contributed by atoms with Crippen molar-refractivity contribution in [3.05, 3.63) is 29.3 Å². The van der Waals surface area contributed by atoms with Crippen LogP contribution in [-0.2, 0) is 4.79 Å². The third-order valence-corrected chi connectivity index (χ3v) is 2.68. The number of aliphatic carboxylic acids is 1. The molecule has 0 aromatic heterocycles. The first-order chi connectivity index (χ1) is 8.08. The van der Waals surface area contributed by atoms with Crippen LogP contribution in [0.15, 0.2) is 18.2 Å². The fourth-order valence-electron chi connectivity index (χ4n) is 1.54. The molecule has 1 atom stereocenters. The number of nitrogens with one attached hydrogen (secondary N) is 1. The third-order valence-electron chi connectivity index (χ3n) is 2.68. The number of anilines is 1. The standard InChI is InChI=1S/C13H16N2O2/c1-3-10(13(16)17)8-15-12-6-9(2)4-5-11(12)7-14/h4-6,10,15H,3,8H2,1-2H3,(H,16,17). The summed E-state index contributed by atoms with van der Waals surface area (Å²) in [4.78, 5) is 10.9. The second-order valence-electron chi connectivity index (χ2n) is 3.99. The molecule has 2 N–H and O–H groups in total. The third kappa shape index (κ3) is 3.49. The van der Waals surface area contributed by atoms with Crippen LogP contribution in [0.25, 0.3) is 0 Å². The molecule has 1 unspecified atom stereocenters. The zero-order valence-corrected chi connectivity index (χ0v) is 10.0. The molecule has 1 rings (SSSR count). The second kappa shape index (κ2) is 5.90. The number of nitriles is 1. The molecule has 17 heavy (non-hydrogen) atoms. The van der Waals surface area contributed by atoms with Crippen LogP contribution in [-0.4, -0.2) is 17.6 Å². The number of benzene rings is 1. The Morgan fingerprint density at radius 3 is 2.82 bits per heavy atom. The van der Waals surface area contributed by atoms with E-state index >= 15 is 0 Å². The Labute approximate surface area is 101 Å². The van der Waals surface area contributed by atoms with Crippen LogP contribution < -0.4 is 5.32 Å². The van der Waals surface area contributed by atoms with E-state index in [2.05, 4.69) is 11.4 Å². The Balaban J connectivity index is 2.78. The summed E-state index contributed by atoms with van der Waals surface area (Å²) in [5, 5.41) is 20.9. The number of carboxylic acids is 1. The van der Waals surface area contributed by atoms with E-state index in [1.54, 1.807) is 6.07 Å². The number of hydrogen-bond donors (Lipinski definition) is 2. The van der Waals surface area contributed by atoms with E-state index < -0.39 is 11.9 Å². The van der Waals surface area contributed by atoms with Gasteiger partial charge in [0.15, 0.2) is 0 Å². The second-order valence-corrected chi connectivity index (χ2v) is 3.99. The molecule has 4 heteroatoms. The van der Waals surface area contributed by atoms with Crippen molar-refractivity contribution in [1.29, 1.82) is 5.26 Å². The van der Waals surface area contributed by atoms with Crippen LogP contribution in [0.5, 0.6) is 0 Å². The SMILES string of the molecule is CCC(CNc1cc(C)ccc1C#N)C(=O)O. The van der Waals surface area contributed by atoms with E-state index in [9.17, 15) is 4.79 Å². The molecule has 0 aliphatic heterocycles. The molecule has 1 aromatic carbocycles. The van der Waals surface area contributed by atoms with Crippen molar-refractivity contribution in [3.8, 4) is 6.07 Å². The van der Waals surface area contributed by atoms with Gasteiger partial charge in [0, 0.05) is 6.54 Å². The van der Waals surface area contributed by atoms with E-state index in [0.717, 1.165) is 5.56 Å². The van der Waals surface area contributed by atoms with E-state index in [-0.39, 0.29) is 0 Å². The molecule has 0 aliphatic carbocycles. The summed E-state index contributed by atoms with van der Waals surface area (Å²) in [7, 11) is 0. The van der Waals surface area contributed by atoms with Crippen molar-refractivity contribution in [2.75, 3.05) is 11.9 Å². The molecule has 0 amide bonds. The zero-order chi connectivity index (χ0) is 12.8. The minimum Gasteiger partial charge on any atom is -0.481 e. The summed E-state index contributed by atoms with van der Waals surface area (Å²) in [5.41, 5.74) is 2.28. The van der Waals surface area contributed by atoms with E-state index in [4.69, 9.17) is 10.4 Å². The molecule has 0 aliphatic rings. The molecule has 90 valence electrons. The Hall–Kier alpha value is -2.02. The van der Waals surface area contributed by atoms with Gasteiger partial charge < -0.3 is 10.4 Å². The summed E-state index contributed by atoms with van der Waals surface area (Å²) in [5.74, 6) is -1.24. The van der Waals surface area contributed by atoms with Gasteiger partial charge in [-0.2, -0.15) is 5.26 Å². The lowest BCUT2D eigenvalue weighted by molar-refractivity contribution is -0.141. The Morgan fingerprint density at radius 2 is 2.29 bits per heavy atom. The van der Waals surface area contributed by atoms with Crippen molar-refractivity contribution < 1.29 is 9.90 Å². The van der Waals surface area contributed by atoms with Gasteiger partial charge >= 0.3 is 5.97 Å². The number of carbonyl (C=O) groups is 1. The molecule has 0 saturated heterocycles. The molecule has 0 heterocycles. The molecule has 0 spiro atoms. The predicted molar refractivity (Wildman–Crippen MR) is 65.8 cm³/mol. The van der Waals surface area contributed by atoms with E-state index in [0.29, 0.717) is 24.2 Å². The number of hydrogen-bond acceptors (Lipinski definition) is 3. The summed E-state index contributed by atoms with van der Waals surface area (Å²) < 4.78 is 0. The van der Waals surface area contributed by atoms with Gasteiger partial charge in [0.25, 0.3) is 0 Å². The summed E-state index contributed by atoms with van der Waals surface area (Å²) >= 11 is 0. The van der Waals surface area contributed by atoms with Crippen LogP contribution in [0.4, 0.5) is 5.69 Å². The van der Waals surface area contributed by atoms with Gasteiger partial charge in [-0.1, -0.05) is 13.0 Å². The molecule has 0 saturated carbocycles. The van der Waals surface area contributed by atoms with Gasteiger partial charge in [-0.3, -0.25) is 4.79 Å². The maximum atomic E-state index is 10.9. The average Bonchev–Trinajstić information content (AvgIpc) is 2.29. The van der Waals surface area contributed by atoms with Crippen molar-refractivity contribution in [2.45, 2.75) is 20.3 Å². The molecular formula is C13H16N2O2. The van der Waals surface area contributed by atoms with Crippen molar-refractivity contribution in [3.63, 3.8) is 0 Å². The van der Waals surface area contributed by atoms with Gasteiger partial charge in [-0.25, -0.2) is 0 Å². The molecule has 0 bridgehead atoms. The van der Waals surface area contributed by atoms with Crippen molar-refractivity contribution in [1.82, 2.24) is 0 Å². The molecule has 0 fully saturated rings. The first-order valence-electron chi connectivity index (χ1n) is 5.56. The Kier molecular flexibility index (Phi) is 4.53. The molecule has 0 radical (unpaired) electrons. The number of carboxylic acid groups (broad SMARTS) is 1. The number of rotatable bonds is 5. The van der Waals surface area contributed by atoms with Gasteiger partial charge in [0.1, 0.15) is 6.07 Å². The van der Waals surface area contributed by atoms with Crippen LogP contribution in [0.2, 0.25) is 0 Å². The first kappa shape index (κ1) is 13.0. The van der Waals surface area contributed by atoms with Crippen LogP contribution in [0, 0.1) is 24.2 Å². The maximum absolute atomic E-state index is 10.9. The van der Waals surface area contributed by atoms with Crippen LogP contribution in [0.1, 0.15) is 24.5 Å². The van der Waals surface area contributed by atoms with Crippen LogP contribution >= 0.6 is 0 Å². The minimum absolute atomic E-state index is 0.337. The maximum Gasteiger partial charge on any atom is 0.308 e. The lowest BCUT2D eigenvalue weighted by Gasteiger charge is -2.13. The monoisotopic (exact) mass is 232 g/mol. The van der Waals surface area contributed by atoms with Crippen molar-refractivity contribution >= 4 is 11.7 Å². The van der Waals surface area contributed by atoms with Crippen molar-refractivity contribution in [2.24, 2.45) is 5.92 Å². The summed E-state index contributed by atoms with van der Waals surface area (Å²) in [6, 6.07) is 7.53. The normalized spacial score (nSPS) is 11.6. The molecular weight excluding hydrogens is 216 g/mol. The fourth-order valence-corrected chi connectivity index (χ4v) is 1.54. The zero-order valence-electron chi connectivity index (χ0n) is 10.0. The smallest absolute Gasteiger partial charge is 0.308 e. The lowest BCUT2D eigenvalue weighted by atomic mass is 10.1. The fraction of sp³-hybridized carbons (Fsp3) is 0.385. The van der Waals surface area contributed by atoms with E-state index in [1.807, 2.05) is 26.0 Å². The predicted octanol–water partition coefficient (Wildman–Crippen LogP) is 2.39. The highest BCUT2D eigenvalue weighted by Crippen LogP contribution is 2.17. The number of nitrogens with zero attached hydrogens (tertiary/aromatic N) is 1. The van der Waals surface area contributed by atoms with Crippen LogP contribution in [0.3, 0.4) is 0 Å². The largest absolute Gasteiger partial charge is 0.481 e. The minimum atomic E-state index is -0.814. The molecule has 4 nitrogen and oxygen atoms in total. The molecule has 1 aromatic rings. The number of aryl methyl sites for hydroxylation is 1. The first-order valence-corrected chi connectivity index (χ1v) is 5.56. The highest BCUT2D eigenvalue weighted by Gasteiger charge is 2.15. The highest BCUT2D eigenvalue weighted by molar-refractivity contribution is 5.71. The summed E-state index contributed by atoms with van der Waals surface area (Å²) in [6.45, 7) is 4.10. The van der Waals surface area contributed by atoms with Gasteiger partial charge in [0.2, 0.25) is 0 Å². The Bertz CT molecular complexity index is 449. The topological polar surface area (TPSA) is 73.1 Å². The highest BCUT2D eigenvalue weighted by atomic mass is 16.4. The van der Waals surface area contributed by atoms with E-state index in [1.165, 1.54) is 0 Å². The van der Waals surface area contributed by atoms with Gasteiger partial charge in [-0.15, -0.1) is 0 Å². The van der Waals surface area contributed by atoms with Gasteiger partial charge in [-0.05, 0) is 31.0 Å².